The van der Waals surface area contributed by atoms with E-state index >= 15 is 0 Å². The maximum Gasteiger partial charge on any atom is 0.336 e. The highest BCUT2D eigenvalue weighted by Crippen LogP contribution is 2.27. The molecule has 0 aromatic heterocycles. The van der Waals surface area contributed by atoms with Gasteiger partial charge in [0.1, 0.15) is 5.76 Å². The molecule has 0 spiro atoms. The van der Waals surface area contributed by atoms with Gasteiger partial charge in [0.15, 0.2) is 0 Å². The van der Waals surface area contributed by atoms with Crippen LogP contribution in [0.2, 0.25) is 0 Å². The number of hydrogen-bond donors (Lipinski definition) is 0. The molecule has 1 saturated heterocycles. The summed E-state index contributed by atoms with van der Waals surface area (Å²) in [5.41, 5.74) is 0.538. The lowest BCUT2D eigenvalue weighted by atomic mass is 10.2. The van der Waals surface area contributed by atoms with Gasteiger partial charge in [-0.3, -0.25) is 0 Å². The molecule has 0 aliphatic carbocycles. The molecule has 1 fully saturated rings. The minimum atomic E-state index is -0.334. The van der Waals surface area contributed by atoms with E-state index in [9.17, 15) is 4.79 Å². The maximum atomic E-state index is 11.0. The van der Waals surface area contributed by atoms with E-state index in [0.717, 1.165) is 12.8 Å². The van der Waals surface area contributed by atoms with Crippen molar-refractivity contribution in [3.05, 3.63) is 23.7 Å². The Kier molecular flexibility index (Phi) is 2.53. The van der Waals surface area contributed by atoms with Gasteiger partial charge in [-0.1, -0.05) is 6.58 Å². The van der Waals surface area contributed by atoms with Gasteiger partial charge in [-0.15, -0.1) is 0 Å². The molecule has 1 aliphatic heterocycles. The molecule has 0 saturated carbocycles. The Balaban J connectivity index is 2.77. The third-order valence-corrected chi connectivity index (χ3v) is 1.81. The first-order valence-electron chi connectivity index (χ1n) is 3.79. The van der Waals surface area contributed by atoms with E-state index < -0.39 is 0 Å². The van der Waals surface area contributed by atoms with Crippen LogP contribution in [0.15, 0.2) is 23.7 Å². The molecule has 0 aromatic rings. The largest absolute Gasteiger partial charge is 0.466 e. The summed E-state index contributed by atoms with van der Waals surface area (Å²) >= 11 is 0. The van der Waals surface area contributed by atoms with E-state index in [1.54, 1.807) is 6.92 Å². The fourth-order valence-corrected chi connectivity index (χ4v) is 1.06. The second-order valence-corrected chi connectivity index (χ2v) is 2.68. The lowest BCUT2D eigenvalue weighted by molar-refractivity contribution is -0.136. The Bertz CT molecular complexity index is 250. The van der Waals surface area contributed by atoms with E-state index in [1.807, 2.05) is 0 Å². The second-order valence-electron chi connectivity index (χ2n) is 2.68. The molecule has 0 atom stereocenters. The molecule has 1 aliphatic rings. The molecule has 1 heterocycles. The molecule has 0 aromatic carbocycles. The van der Waals surface area contributed by atoms with Gasteiger partial charge >= 0.3 is 5.97 Å². The van der Waals surface area contributed by atoms with Gasteiger partial charge < -0.3 is 9.47 Å². The minimum absolute atomic E-state index is 0.334. The van der Waals surface area contributed by atoms with Crippen LogP contribution in [0.3, 0.4) is 0 Å². The number of rotatable bonds is 1. The zero-order chi connectivity index (χ0) is 9.14. The second kappa shape index (κ2) is 3.43. The smallest absolute Gasteiger partial charge is 0.336 e. The van der Waals surface area contributed by atoms with Crippen LogP contribution in [0, 0.1) is 0 Å². The van der Waals surface area contributed by atoms with Crippen LogP contribution in [0.1, 0.15) is 19.8 Å². The number of allylic oxidation sites excluding steroid dienone is 2. The molecule has 1 rings (SSSR count). The van der Waals surface area contributed by atoms with Gasteiger partial charge in [0.25, 0.3) is 0 Å². The summed E-state index contributed by atoms with van der Waals surface area (Å²) in [4.78, 5) is 11.0. The fraction of sp³-hybridized carbons (Fsp3) is 0.444. The van der Waals surface area contributed by atoms with Gasteiger partial charge in [-0.25, -0.2) is 4.79 Å². The number of hydrogen-bond acceptors (Lipinski definition) is 3. The number of carbonyl (C=O) groups is 1. The first-order chi connectivity index (χ1) is 5.65. The van der Waals surface area contributed by atoms with Crippen LogP contribution in [0.5, 0.6) is 0 Å². The normalized spacial score (nSPS) is 20.3. The fourth-order valence-electron chi connectivity index (χ4n) is 1.06. The average Bonchev–Trinajstić information content (AvgIpc) is 2.49. The van der Waals surface area contributed by atoms with Crippen LogP contribution in [-0.2, 0) is 14.3 Å². The van der Waals surface area contributed by atoms with Gasteiger partial charge in [0, 0.05) is 12.8 Å². The van der Waals surface area contributed by atoms with Crippen molar-refractivity contribution >= 4 is 5.97 Å². The van der Waals surface area contributed by atoms with Crippen LogP contribution in [0.25, 0.3) is 0 Å². The molecule has 0 amide bonds. The molecular formula is C9H12O3. The quantitative estimate of drug-likeness (QED) is 0.442. The van der Waals surface area contributed by atoms with Crippen LogP contribution >= 0.6 is 0 Å². The molecular weight excluding hydrogens is 156 g/mol. The highest BCUT2D eigenvalue weighted by atomic mass is 16.5. The van der Waals surface area contributed by atoms with Gasteiger partial charge in [-0.05, 0) is 6.92 Å². The summed E-state index contributed by atoms with van der Waals surface area (Å²) in [6.07, 6.45) is 1.55. The molecule has 0 bridgehead atoms. The zero-order valence-corrected chi connectivity index (χ0v) is 7.35. The Morgan fingerprint density at radius 3 is 2.67 bits per heavy atom. The summed E-state index contributed by atoms with van der Waals surface area (Å²) in [6, 6.07) is 0. The van der Waals surface area contributed by atoms with Crippen molar-refractivity contribution < 1.29 is 14.3 Å². The third-order valence-electron chi connectivity index (χ3n) is 1.81. The highest BCUT2D eigenvalue weighted by Gasteiger charge is 2.18. The number of methoxy groups -OCH3 is 1. The minimum Gasteiger partial charge on any atom is -0.466 e. The zero-order valence-electron chi connectivity index (χ0n) is 7.35. The standard InChI is InChI=1S/C9H12O3/c1-6-4-5-8(12-6)7(2)9(10)11-3/h1,4-5H2,2-3H3/b8-7+. The summed E-state index contributed by atoms with van der Waals surface area (Å²) in [7, 11) is 1.36. The maximum absolute atomic E-state index is 11.0. The topological polar surface area (TPSA) is 35.5 Å². The van der Waals surface area contributed by atoms with Gasteiger partial charge in [0.2, 0.25) is 0 Å². The van der Waals surface area contributed by atoms with Crippen molar-refractivity contribution in [2.45, 2.75) is 19.8 Å². The molecule has 12 heavy (non-hydrogen) atoms. The van der Waals surface area contributed by atoms with E-state index in [0.29, 0.717) is 17.1 Å². The predicted octanol–water partition coefficient (Wildman–Crippen LogP) is 1.76. The van der Waals surface area contributed by atoms with Crippen molar-refractivity contribution in [1.29, 1.82) is 0 Å². The Hall–Kier alpha value is -1.25. The van der Waals surface area contributed by atoms with E-state index in [1.165, 1.54) is 7.11 Å². The third kappa shape index (κ3) is 1.67. The monoisotopic (exact) mass is 168 g/mol. The lowest BCUT2D eigenvalue weighted by Gasteiger charge is -2.03. The van der Waals surface area contributed by atoms with Crippen molar-refractivity contribution in [2.24, 2.45) is 0 Å². The summed E-state index contributed by atoms with van der Waals surface area (Å²) in [5, 5.41) is 0. The van der Waals surface area contributed by atoms with E-state index in [4.69, 9.17) is 4.74 Å². The summed E-state index contributed by atoms with van der Waals surface area (Å²) in [6.45, 7) is 5.36. The number of carbonyl (C=O) groups excluding carboxylic acids is 1. The molecule has 3 nitrogen and oxygen atoms in total. The first kappa shape index (κ1) is 8.84. The van der Waals surface area contributed by atoms with Crippen LogP contribution in [0.4, 0.5) is 0 Å². The van der Waals surface area contributed by atoms with Gasteiger partial charge in [-0.2, -0.15) is 0 Å². The van der Waals surface area contributed by atoms with Crippen molar-refractivity contribution in [3.63, 3.8) is 0 Å². The number of ether oxygens (including phenoxy) is 2. The Labute approximate surface area is 71.7 Å². The first-order valence-corrected chi connectivity index (χ1v) is 3.79. The Morgan fingerprint density at radius 2 is 2.25 bits per heavy atom. The Morgan fingerprint density at radius 1 is 1.58 bits per heavy atom. The molecule has 0 radical (unpaired) electrons. The van der Waals surface area contributed by atoms with Crippen molar-refractivity contribution in [2.75, 3.05) is 7.11 Å². The van der Waals surface area contributed by atoms with Crippen molar-refractivity contribution in [3.8, 4) is 0 Å². The molecule has 0 N–H and O–H groups in total. The molecule has 3 heteroatoms. The highest BCUT2D eigenvalue weighted by molar-refractivity contribution is 5.88. The predicted molar refractivity (Wildman–Crippen MR) is 44.2 cm³/mol. The van der Waals surface area contributed by atoms with Crippen molar-refractivity contribution in [1.82, 2.24) is 0 Å². The average molecular weight is 168 g/mol. The molecule has 66 valence electrons. The van der Waals surface area contributed by atoms with Crippen LogP contribution < -0.4 is 0 Å². The van der Waals surface area contributed by atoms with E-state index in [-0.39, 0.29) is 5.97 Å². The lowest BCUT2D eigenvalue weighted by Crippen LogP contribution is -2.04. The summed E-state index contributed by atoms with van der Waals surface area (Å²) in [5.74, 6) is 1.07. The summed E-state index contributed by atoms with van der Waals surface area (Å²) < 4.78 is 9.78. The van der Waals surface area contributed by atoms with E-state index in [2.05, 4.69) is 11.3 Å². The molecule has 0 unspecified atom stereocenters. The van der Waals surface area contributed by atoms with Gasteiger partial charge in [0.05, 0.1) is 18.4 Å². The SMILES string of the molecule is C=C1CC/C(=C(/C)C(=O)OC)O1. The van der Waals surface area contributed by atoms with Crippen LogP contribution in [-0.4, -0.2) is 13.1 Å². The number of esters is 1.